The number of nitrogens with zero attached hydrogens (tertiary/aromatic N) is 3. The number of aromatic amines is 1. The molecule has 1 saturated heterocycles. The van der Waals surface area contributed by atoms with Crippen molar-refractivity contribution in [2.75, 3.05) is 45.2 Å². The van der Waals surface area contributed by atoms with Crippen molar-refractivity contribution in [3.63, 3.8) is 0 Å². The number of ketones is 1. The summed E-state index contributed by atoms with van der Waals surface area (Å²) in [6.07, 6.45) is 3.94. The van der Waals surface area contributed by atoms with Crippen molar-refractivity contribution < 1.29 is 14.4 Å². The summed E-state index contributed by atoms with van der Waals surface area (Å²) in [4.78, 5) is 50.8. The van der Waals surface area contributed by atoms with Gasteiger partial charge in [-0.25, -0.2) is 4.79 Å². The number of urea groups is 1. The Morgan fingerprint density at radius 3 is 2.46 bits per heavy atom. The Bertz CT molecular complexity index is 1710. The van der Waals surface area contributed by atoms with E-state index >= 15 is 0 Å². The molecule has 0 unspecified atom stereocenters. The lowest BCUT2D eigenvalue weighted by molar-refractivity contribution is -0.121. The number of likely N-dealkylation sites (tertiary alicyclic amines) is 1. The predicted octanol–water partition coefficient (Wildman–Crippen LogP) is 6.37. The Labute approximate surface area is 275 Å². The highest BCUT2D eigenvalue weighted by Crippen LogP contribution is 2.35. The van der Waals surface area contributed by atoms with Crippen LogP contribution in [0.4, 0.5) is 10.5 Å². The van der Waals surface area contributed by atoms with Crippen LogP contribution in [-0.2, 0) is 11.2 Å². The maximum Gasteiger partial charge on any atom is 0.318 e. The number of fused-ring (bicyclic) bond motifs is 2. The van der Waals surface area contributed by atoms with Crippen molar-refractivity contribution in [3.8, 4) is 0 Å². The Morgan fingerprint density at radius 1 is 1.00 bits per heavy atom. The summed E-state index contributed by atoms with van der Waals surface area (Å²) in [5.41, 5.74) is 4.54. The molecule has 6 rings (SSSR count). The van der Waals surface area contributed by atoms with E-state index in [0.29, 0.717) is 43.1 Å². The van der Waals surface area contributed by atoms with Crippen LogP contribution in [0.2, 0.25) is 5.02 Å². The number of halogens is 1. The zero-order chi connectivity index (χ0) is 32.4. The number of benzene rings is 3. The average Bonchev–Trinajstić information content (AvgIpc) is 3.50. The fourth-order valence-electron chi connectivity index (χ4n) is 7.19. The minimum atomic E-state index is -0.822. The number of carbonyl (C=O) groups is 3. The molecular formula is C37H42ClN5O3. The van der Waals surface area contributed by atoms with Gasteiger partial charge in [0.1, 0.15) is 6.04 Å². The molecule has 240 valence electrons. The normalized spacial score (nSPS) is 18.3. The van der Waals surface area contributed by atoms with Gasteiger partial charge in [-0.15, -0.1) is 0 Å². The van der Waals surface area contributed by atoms with Gasteiger partial charge in [0.15, 0.2) is 5.78 Å². The van der Waals surface area contributed by atoms with Crippen LogP contribution >= 0.6 is 11.6 Å². The van der Waals surface area contributed by atoms with Gasteiger partial charge in [-0.3, -0.25) is 9.59 Å². The standard InChI is InChI=1S/C37H42ClN5O3/c1-24(31-21-39-32-12-8-7-11-30(31)32)34(36(45)43-23-25(22-41(2)3)19-28-20-29(38)13-14-33(28)43)40-37(46)42-17-15-27(16-18-42)35(44)26-9-5-4-6-10-26/h4-14,20-21,24-25,27,34,39H,15-19,22-23H2,1-3H3,(H,40,46)/t24-,25-,34-/m1/s1. The molecule has 0 bridgehead atoms. The largest absolute Gasteiger partial charge is 0.361 e. The number of hydrogen-bond donors (Lipinski definition) is 2. The summed E-state index contributed by atoms with van der Waals surface area (Å²) in [5, 5.41) is 4.84. The zero-order valence-corrected chi connectivity index (χ0v) is 27.5. The first-order valence-electron chi connectivity index (χ1n) is 16.1. The molecule has 2 N–H and O–H groups in total. The fraction of sp³-hybridized carbons (Fsp3) is 0.378. The summed E-state index contributed by atoms with van der Waals surface area (Å²) in [6.45, 7) is 4.28. The number of anilines is 1. The van der Waals surface area contributed by atoms with Gasteiger partial charge in [0.05, 0.1) is 0 Å². The zero-order valence-electron chi connectivity index (χ0n) is 26.7. The van der Waals surface area contributed by atoms with E-state index in [0.717, 1.165) is 40.7 Å². The molecule has 46 heavy (non-hydrogen) atoms. The minimum absolute atomic E-state index is 0.123. The van der Waals surface area contributed by atoms with E-state index < -0.39 is 6.04 Å². The van der Waals surface area contributed by atoms with Crippen molar-refractivity contribution in [1.29, 1.82) is 0 Å². The summed E-state index contributed by atoms with van der Waals surface area (Å²) >= 11 is 6.41. The second kappa shape index (κ2) is 13.7. The monoisotopic (exact) mass is 639 g/mol. The van der Waals surface area contributed by atoms with Crippen LogP contribution in [-0.4, -0.2) is 78.8 Å². The van der Waals surface area contributed by atoms with Gasteiger partial charge in [-0.2, -0.15) is 0 Å². The molecule has 3 amide bonds. The highest BCUT2D eigenvalue weighted by Gasteiger charge is 2.38. The van der Waals surface area contributed by atoms with Gasteiger partial charge in [0.25, 0.3) is 0 Å². The molecule has 3 atom stereocenters. The van der Waals surface area contributed by atoms with Gasteiger partial charge in [-0.05, 0) is 74.7 Å². The number of amides is 3. The molecule has 9 heteroatoms. The summed E-state index contributed by atoms with van der Waals surface area (Å²) in [5.74, 6) is -0.259. The van der Waals surface area contributed by atoms with Gasteiger partial charge in [0.2, 0.25) is 5.91 Å². The van der Waals surface area contributed by atoms with E-state index in [-0.39, 0.29) is 35.5 Å². The molecule has 2 aliphatic heterocycles. The Balaban J connectivity index is 1.26. The third-order valence-corrected chi connectivity index (χ3v) is 9.77. The number of aromatic nitrogens is 1. The number of H-pyrrole nitrogens is 1. The highest BCUT2D eigenvalue weighted by molar-refractivity contribution is 6.30. The van der Waals surface area contributed by atoms with E-state index in [1.807, 2.05) is 105 Å². The maximum atomic E-state index is 14.8. The van der Waals surface area contributed by atoms with E-state index in [1.165, 1.54) is 0 Å². The predicted molar refractivity (Wildman–Crippen MR) is 184 cm³/mol. The minimum Gasteiger partial charge on any atom is -0.361 e. The molecule has 0 spiro atoms. The molecule has 0 aliphatic carbocycles. The van der Waals surface area contributed by atoms with Crippen LogP contribution in [0.3, 0.4) is 0 Å². The lowest BCUT2D eigenvalue weighted by Crippen LogP contribution is -2.57. The molecule has 4 aromatic rings. The molecular weight excluding hydrogens is 598 g/mol. The Morgan fingerprint density at radius 2 is 1.72 bits per heavy atom. The maximum absolute atomic E-state index is 14.8. The summed E-state index contributed by atoms with van der Waals surface area (Å²) in [7, 11) is 4.08. The first kappa shape index (κ1) is 31.8. The topological polar surface area (TPSA) is 88.8 Å². The highest BCUT2D eigenvalue weighted by atomic mass is 35.5. The SMILES string of the molecule is C[C@H](c1c[nH]c2ccccc12)[C@@H](NC(=O)N1CCC(C(=O)c2ccccc2)CC1)C(=O)N1C[C@@H](CN(C)C)Cc2cc(Cl)ccc21. The lowest BCUT2D eigenvalue weighted by atomic mass is 9.88. The van der Waals surface area contributed by atoms with Crippen LogP contribution in [0.15, 0.2) is 79.0 Å². The number of carbonyl (C=O) groups excluding carboxylic acids is 3. The van der Waals surface area contributed by atoms with Crippen LogP contribution in [0.5, 0.6) is 0 Å². The van der Waals surface area contributed by atoms with Gasteiger partial charge in [0, 0.05) is 71.4 Å². The summed E-state index contributed by atoms with van der Waals surface area (Å²) in [6, 6.07) is 22.0. The Hall–Kier alpha value is -4.14. The number of Topliss-reactive ketones (excluding diaryl/α,β-unsaturated/α-hetero) is 1. The van der Waals surface area contributed by atoms with Crippen LogP contribution in [0.25, 0.3) is 10.9 Å². The summed E-state index contributed by atoms with van der Waals surface area (Å²) < 4.78 is 0. The van der Waals surface area contributed by atoms with Crippen molar-refractivity contribution in [2.24, 2.45) is 11.8 Å². The molecule has 0 radical (unpaired) electrons. The van der Waals surface area contributed by atoms with Crippen LogP contribution in [0, 0.1) is 11.8 Å². The van der Waals surface area contributed by atoms with Crippen molar-refractivity contribution in [2.45, 2.75) is 38.1 Å². The molecule has 1 aromatic heterocycles. The molecule has 2 aliphatic rings. The fourth-order valence-corrected chi connectivity index (χ4v) is 7.38. The smallest absolute Gasteiger partial charge is 0.318 e. The number of rotatable bonds is 8. The second-order valence-electron chi connectivity index (χ2n) is 13.1. The third-order valence-electron chi connectivity index (χ3n) is 9.54. The molecule has 1 fully saturated rings. The quantitative estimate of drug-likeness (QED) is 0.220. The average molecular weight is 640 g/mol. The number of hydrogen-bond acceptors (Lipinski definition) is 4. The van der Waals surface area contributed by atoms with Gasteiger partial charge in [-0.1, -0.05) is 67.1 Å². The van der Waals surface area contributed by atoms with Crippen LogP contribution in [0.1, 0.15) is 47.2 Å². The lowest BCUT2D eigenvalue weighted by Gasteiger charge is -2.39. The molecule has 0 saturated carbocycles. The van der Waals surface area contributed by atoms with Crippen molar-refractivity contribution in [1.82, 2.24) is 20.1 Å². The number of para-hydroxylation sites is 1. The van der Waals surface area contributed by atoms with E-state index in [4.69, 9.17) is 11.6 Å². The van der Waals surface area contributed by atoms with Crippen molar-refractivity contribution >= 4 is 45.9 Å². The van der Waals surface area contributed by atoms with Crippen molar-refractivity contribution in [3.05, 3.63) is 101 Å². The molecule has 8 nitrogen and oxygen atoms in total. The van der Waals surface area contributed by atoms with Gasteiger partial charge >= 0.3 is 6.03 Å². The first-order valence-corrected chi connectivity index (χ1v) is 16.5. The number of piperidine rings is 1. The van der Waals surface area contributed by atoms with E-state index in [2.05, 4.69) is 15.2 Å². The second-order valence-corrected chi connectivity index (χ2v) is 13.5. The molecule has 3 heterocycles. The van der Waals surface area contributed by atoms with Crippen LogP contribution < -0.4 is 10.2 Å². The molecule has 3 aromatic carbocycles. The van der Waals surface area contributed by atoms with E-state index in [9.17, 15) is 14.4 Å². The number of nitrogens with one attached hydrogen (secondary N) is 2. The third kappa shape index (κ3) is 6.69. The Kier molecular flexibility index (Phi) is 9.47. The first-order chi connectivity index (χ1) is 22.2. The van der Waals surface area contributed by atoms with E-state index in [1.54, 1.807) is 4.90 Å². The van der Waals surface area contributed by atoms with Gasteiger partial charge < -0.3 is 25.0 Å².